The smallest absolute Gasteiger partial charge is 0.341 e. The Bertz CT molecular complexity index is 2160. The number of pyridine rings is 1. The third-order valence-corrected chi connectivity index (χ3v) is 9.76. The van der Waals surface area contributed by atoms with Crippen LogP contribution in [0, 0.1) is 11.6 Å². The molecule has 3 heterocycles. The first kappa shape index (κ1) is 33.4. The first-order chi connectivity index (χ1) is 23.9. The van der Waals surface area contributed by atoms with Gasteiger partial charge in [-0.3, -0.25) is 19.2 Å². The van der Waals surface area contributed by atoms with E-state index in [-0.39, 0.29) is 45.5 Å². The molecule has 2 aliphatic carbocycles. The summed E-state index contributed by atoms with van der Waals surface area (Å²) in [4.78, 5) is 46.2. The number of hydrogen-bond donors (Lipinski definition) is 2. The van der Waals surface area contributed by atoms with E-state index in [0.717, 1.165) is 24.6 Å². The van der Waals surface area contributed by atoms with Crippen molar-refractivity contribution in [2.45, 2.75) is 57.3 Å². The molecule has 2 aromatic carbocycles. The van der Waals surface area contributed by atoms with Crippen LogP contribution in [0.5, 0.6) is 5.75 Å². The Balaban J connectivity index is 1.05. The van der Waals surface area contributed by atoms with Crippen LogP contribution < -0.4 is 20.8 Å². The molecule has 0 radical (unpaired) electrons. The number of aromatic carboxylic acids is 1. The predicted molar refractivity (Wildman–Crippen MR) is 184 cm³/mol. The second-order valence-electron chi connectivity index (χ2n) is 12.9. The zero-order valence-electron chi connectivity index (χ0n) is 27.3. The lowest BCUT2D eigenvalue weighted by Crippen LogP contribution is -2.51. The summed E-state index contributed by atoms with van der Waals surface area (Å²) in [6.07, 6.45) is 5.19. The van der Waals surface area contributed by atoms with Crippen molar-refractivity contribution in [3.63, 3.8) is 0 Å². The molecule has 16 heteroatoms. The van der Waals surface area contributed by atoms with Gasteiger partial charge in [0, 0.05) is 62.8 Å². The molecule has 0 spiro atoms. The average molecular weight is 705 g/mol. The van der Waals surface area contributed by atoms with Gasteiger partial charge < -0.3 is 25.0 Å². The summed E-state index contributed by atoms with van der Waals surface area (Å²) in [5.74, 6) is -3.11. The lowest BCUT2D eigenvalue weighted by Gasteiger charge is -2.41. The van der Waals surface area contributed by atoms with Gasteiger partial charge >= 0.3 is 5.97 Å². The molecule has 0 bridgehead atoms. The van der Waals surface area contributed by atoms with Gasteiger partial charge in [0.25, 0.3) is 0 Å². The number of fused-ring (bicyclic) bond motifs is 2. The van der Waals surface area contributed by atoms with Crippen molar-refractivity contribution in [3.05, 3.63) is 80.9 Å². The molecular formula is C34H34F2N8O5S. The van der Waals surface area contributed by atoms with E-state index in [4.69, 9.17) is 22.7 Å². The van der Waals surface area contributed by atoms with Gasteiger partial charge in [0.15, 0.2) is 22.5 Å². The number of anilines is 1. The first-order valence-electron chi connectivity index (χ1n) is 16.2. The van der Waals surface area contributed by atoms with Crippen LogP contribution in [-0.4, -0.2) is 84.9 Å². The molecular weight excluding hydrogens is 670 g/mol. The fourth-order valence-electron chi connectivity index (χ4n) is 7.14. The summed E-state index contributed by atoms with van der Waals surface area (Å²) in [5.41, 5.74) is 6.90. The maximum atomic E-state index is 15.9. The molecule has 2 atom stereocenters. The van der Waals surface area contributed by atoms with E-state index >= 15 is 4.39 Å². The zero-order valence-corrected chi connectivity index (χ0v) is 28.1. The Morgan fingerprint density at radius 1 is 1.18 bits per heavy atom. The maximum Gasteiger partial charge on any atom is 0.341 e. The molecule has 1 saturated carbocycles. The molecule has 1 aliphatic heterocycles. The number of ether oxygens (including phenoxy) is 1. The Labute approximate surface area is 289 Å². The number of halogens is 2. The van der Waals surface area contributed by atoms with Crippen LogP contribution >= 0.6 is 12.2 Å². The zero-order chi connectivity index (χ0) is 35.4. The summed E-state index contributed by atoms with van der Waals surface area (Å²) in [6.45, 7) is 4.37. The van der Waals surface area contributed by atoms with Crippen LogP contribution in [0.4, 0.5) is 14.5 Å². The van der Waals surface area contributed by atoms with Crippen molar-refractivity contribution >= 4 is 51.4 Å². The monoisotopic (exact) mass is 704 g/mol. The van der Waals surface area contributed by atoms with Crippen LogP contribution in [-0.2, 0) is 17.9 Å². The van der Waals surface area contributed by atoms with Crippen LogP contribution in [0.15, 0.2) is 46.4 Å². The number of aryl methyl sites for hydroxylation is 1. The number of ketones is 1. The van der Waals surface area contributed by atoms with E-state index in [9.17, 15) is 23.9 Å². The Morgan fingerprint density at radius 2 is 1.96 bits per heavy atom. The van der Waals surface area contributed by atoms with Crippen molar-refractivity contribution in [3.8, 4) is 5.75 Å². The highest BCUT2D eigenvalue weighted by Crippen LogP contribution is 2.44. The molecule has 2 aromatic heterocycles. The van der Waals surface area contributed by atoms with Gasteiger partial charge in [0.1, 0.15) is 22.8 Å². The standard InChI is InChI=1S/C34H34F2N8O5S/c1-17-13-42(29-26(36)12-24-28(32(29)49-2)44(20-4-5-20)16-25(30(24)45)33(47)48)10-9-41(17)14-19-15-43(40-39-19)8-7-22-21-6-3-18(35)11-23(21)27(31(22)46)38-34(37)50/h3,6,11-12,15-17,20,22H,4-5,7-10,13-14H2,1-2H3,(H2,37,50)(H,47,48). The number of nitrogens with zero attached hydrogens (tertiary/aromatic N) is 7. The van der Waals surface area contributed by atoms with Crippen LogP contribution in [0.1, 0.15) is 65.3 Å². The minimum Gasteiger partial charge on any atom is -0.492 e. The third-order valence-electron chi connectivity index (χ3n) is 9.67. The largest absolute Gasteiger partial charge is 0.492 e. The number of carbonyl (C=O) groups is 2. The topological polar surface area (TPSA) is 161 Å². The van der Waals surface area contributed by atoms with Gasteiger partial charge in [0.05, 0.1) is 29.6 Å². The molecule has 2 unspecified atom stereocenters. The van der Waals surface area contributed by atoms with Crippen LogP contribution in [0.2, 0.25) is 0 Å². The molecule has 7 rings (SSSR count). The summed E-state index contributed by atoms with van der Waals surface area (Å²) in [5, 5.41) is 18.0. The van der Waals surface area contributed by atoms with Crippen LogP contribution in [0.25, 0.3) is 10.9 Å². The summed E-state index contributed by atoms with van der Waals surface area (Å²) < 4.78 is 39.0. The second-order valence-corrected chi connectivity index (χ2v) is 13.3. The quantitative estimate of drug-likeness (QED) is 0.246. The number of rotatable bonds is 9. The van der Waals surface area contributed by atoms with Gasteiger partial charge in [-0.15, -0.1) is 5.10 Å². The minimum atomic E-state index is -1.36. The van der Waals surface area contributed by atoms with Gasteiger partial charge in [-0.25, -0.2) is 18.6 Å². The average Bonchev–Trinajstić information content (AvgIpc) is 3.77. The van der Waals surface area contributed by atoms with Gasteiger partial charge in [-0.1, -0.05) is 11.3 Å². The lowest BCUT2D eigenvalue weighted by molar-refractivity contribution is -0.114. The van der Waals surface area contributed by atoms with E-state index < -0.39 is 34.5 Å². The molecule has 13 nitrogen and oxygen atoms in total. The maximum absolute atomic E-state index is 15.9. The molecule has 1 saturated heterocycles. The highest BCUT2D eigenvalue weighted by Gasteiger charge is 2.37. The molecule has 3 N–H and O–H groups in total. The van der Waals surface area contributed by atoms with Crippen molar-refractivity contribution in [2.75, 3.05) is 31.6 Å². The summed E-state index contributed by atoms with van der Waals surface area (Å²) in [6, 6.07) is 5.27. The minimum absolute atomic E-state index is 0.00736. The molecule has 50 heavy (non-hydrogen) atoms. The Kier molecular flexibility index (Phi) is 8.68. The summed E-state index contributed by atoms with van der Waals surface area (Å²) in [7, 11) is 1.43. The lowest BCUT2D eigenvalue weighted by atomic mass is 9.97. The van der Waals surface area contributed by atoms with Crippen LogP contribution in [0.3, 0.4) is 0 Å². The van der Waals surface area contributed by atoms with Crippen molar-refractivity contribution < 1.29 is 28.2 Å². The molecule has 0 amide bonds. The number of nitrogens with two attached hydrogens (primary N) is 1. The fraction of sp³-hybridized carbons (Fsp3) is 0.382. The van der Waals surface area contributed by atoms with E-state index in [2.05, 4.69) is 20.2 Å². The van der Waals surface area contributed by atoms with Gasteiger partial charge in [0.2, 0.25) is 5.43 Å². The Morgan fingerprint density at radius 3 is 2.64 bits per heavy atom. The SMILES string of the molecule is COc1c(N2CCN(Cc3cn(CCC4C(=O)C(=NC(N)=S)c5cc(F)ccc54)nn3)C(C)C2)c(F)cc2c(=O)c(C(=O)O)cn(C3CC3)c12. The van der Waals surface area contributed by atoms with E-state index in [1.807, 2.05) is 18.0 Å². The van der Waals surface area contributed by atoms with Gasteiger partial charge in [-0.05, 0) is 62.2 Å². The molecule has 2 fully saturated rings. The number of carbonyl (C=O) groups excluding carboxylic acids is 1. The van der Waals surface area contributed by atoms with E-state index in [1.165, 1.54) is 25.4 Å². The number of hydrogen-bond acceptors (Lipinski definition) is 9. The van der Waals surface area contributed by atoms with Crippen molar-refractivity contribution in [2.24, 2.45) is 10.7 Å². The number of Topliss-reactive ketones (excluding diaryl/α,β-unsaturated/α-hetero) is 1. The number of benzene rings is 2. The van der Waals surface area contributed by atoms with E-state index in [1.54, 1.807) is 15.3 Å². The van der Waals surface area contributed by atoms with Gasteiger partial charge in [-0.2, -0.15) is 0 Å². The third kappa shape index (κ3) is 6.02. The number of piperazine rings is 1. The first-order valence-corrected chi connectivity index (χ1v) is 16.6. The number of carboxylic acid groups (broad SMARTS) is 1. The number of aromatic nitrogens is 4. The predicted octanol–water partition coefficient (Wildman–Crippen LogP) is 3.41. The molecule has 3 aliphatic rings. The normalized spacial score (nSPS) is 20.1. The van der Waals surface area contributed by atoms with Crippen molar-refractivity contribution in [1.29, 1.82) is 0 Å². The Hall–Kier alpha value is -5.09. The number of carboxylic acids is 1. The summed E-state index contributed by atoms with van der Waals surface area (Å²) >= 11 is 4.87. The fourth-order valence-corrected chi connectivity index (χ4v) is 7.23. The number of aliphatic imine (C=N–C) groups is 1. The second kappa shape index (κ2) is 13.0. The number of thiocarbonyl (C=S) groups is 1. The molecule has 4 aromatic rings. The highest BCUT2D eigenvalue weighted by molar-refractivity contribution is 7.80. The van der Waals surface area contributed by atoms with Crippen molar-refractivity contribution in [1.82, 2.24) is 24.5 Å². The highest BCUT2D eigenvalue weighted by atomic mass is 32.1. The van der Waals surface area contributed by atoms with E-state index in [0.29, 0.717) is 55.8 Å². The number of methoxy groups -OCH3 is 1. The molecule has 260 valence electrons.